The van der Waals surface area contributed by atoms with E-state index in [4.69, 9.17) is 0 Å². The first-order valence-electron chi connectivity index (χ1n) is 8.67. The Bertz CT molecular complexity index is 598. The van der Waals surface area contributed by atoms with Crippen LogP contribution in [0, 0.1) is 0 Å². The van der Waals surface area contributed by atoms with Crippen LogP contribution >= 0.6 is 11.8 Å². The van der Waals surface area contributed by atoms with E-state index in [9.17, 15) is 14.7 Å². The Balaban J connectivity index is 0.00000338. The summed E-state index contributed by atoms with van der Waals surface area (Å²) in [7, 11) is 0. The SMILES string of the molecule is CCN(CC)C(=O)Sc1nnnn1C1CCCC(NC(C)C(=O)[O-])C1.[Na+]. The molecule has 11 heteroatoms. The van der Waals surface area contributed by atoms with E-state index in [1.54, 1.807) is 16.5 Å². The number of carbonyl (C=O) groups excluding carboxylic acids is 2. The van der Waals surface area contributed by atoms with Gasteiger partial charge in [-0.15, -0.1) is 5.10 Å². The molecule has 1 aliphatic rings. The molecule has 0 aliphatic heterocycles. The molecule has 1 saturated carbocycles. The second kappa shape index (κ2) is 11.2. The van der Waals surface area contributed by atoms with Crippen LogP contribution in [0.2, 0.25) is 0 Å². The summed E-state index contributed by atoms with van der Waals surface area (Å²) >= 11 is 1.04. The minimum absolute atomic E-state index is 0. The minimum atomic E-state index is -1.11. The normalized spacial score (nSPS) is 20.9. The standard InChI is InChI=1S/C15H26N6O3S.Na/c1-4-20(5-2)15(24)25-14-17-18-19-21(14)12-8-6-7-11(9-12)16-10(3)13(22)23;/h10-12,16H,4-9H2,1-3H3,(H,22,23);/q;+1/p-1. The first-order chi connectivity index (χ1) is 12.0. The van der Waals surface area contributed by atoms with Gasteiger partial charge in [0.2, 0.25) is 5.16 Å². The van der Waals surface area contributed by atoms with E-state index < -0.39 is 12.0 Å². The molecule has 1 aromatic heterocycles. The van der Waals surface area contributed by atoms with Gasteiger partial charge in [-0.25, -0.2) is 4.68 Å². The molecular weight excluding hydrogens is 367 g/mol. The average molecular weight is 392 g/mol. The fraction of sp³-hybridized carbons (Fsp3) is 0.800. The van der Waals surface area contributed by atoms with Crippen LogP contribution in [0.15, 0.2) is 5.16 Å². The first kappa shape index (κ1) is 23.4. The van der Waals surface area contributed by atoms with Gasteiger partial charge in [-0.05, 0) is 56.9 Å². The molecule has 1 heterocycles. The van der Waals surface area contributed by atoms with Crippen LogP contribution in [0.3, 0.4) is 0 Å². The van der Waals surface area contributed by atoms with Crippen molar-refractivity contribution in [2.45, 2.75) is 69.7 Å². The van der Waals surface area contributed by atoms with Crippen LogP contribution < -0.4 is 40.0 Å². The zero-order valence-electron chi connectivity index (χ0n) is 15.8. The number of carbonyl (C=O) groups is 2. The smallest absolute Gasteiger partial charge is 0.548 e. The molecule has 3 unspecified atom stereocenters. The minimum Gasteiger partial charge on any atom is -0.548 e. The molecule has 1 fully saturated rings. The maximum Gasteiger partial charge on any atom is 1.00 e. The Morgan fingerprint density at radius 2 is 2.08 bits per heavy atom. The van der Waals surface area contributed by atoms with E-state index >= 15 is 0 Å². The number of aromatic nitrogens is 4. The van der Waals surface area contributed by atoms with Crippen LogP contribution in [-0.4, -0.2) is 61.5 Å². The van der Waals surface area contributed by atoms with Crippen molar-refractivity contribution >= 4 is 23.0 Å². The molecule has 0 radical (unpaired) electrons. The third kappa shape index (κ3) is 6.19. The van der Waals surface area contributed by atoms with Gasteiger partial charge in [0, 0.05) is 36.9 Å². The van der Waals surface area contributed by atoms with Crippen molar-refractivity contribution in [3.8, 4) is 0 Å². The molecule has 26 heavy (non-hydrogen) atoms. The number of carboxylic acids is 1. The van der Waals surface area contributed by atoms with Gasteiger partial charge in [0.25, 0.3) is 5.24 Å². The topological polar surface area (TPSA) is 116 Å². The number of nitrogens with one attached hydrogen (secondary N) is 1. The summed E-state index contributed by atoms with van der Waals surface area (Å²) < 4.78 is 1.70. The van der Waals surface area contributed by atoms with E-state index in [1.807, 2.05) is 13.8 Å². The molecule has 0 aromatic carbocycles. The number of aliphatic carboxylic acids is 1. The second-order valence-corrected chi connectivity index (χ2v) is 7.09. The van der Waals surface area contributed by atoms with Gasteiger partial charge in [0.05, 0.1) is 12.0 Å². The number of hydrogen-bond acceptors (Lipinski definition) is 8. The van der Waals surface area contributed by atoms with Gasteiger partial charge in [0.1, 0.15) is 0 Å². The number of amides is 1. The fourth-order valence-electron chi connectivity index (χ4n) is 3.07. The van der Waals surface area contributed by atoms with Gasteiger partial charge < -0.3 is 20.1 Å². The predicted octanol–water partition coefficient (Wildman–Crippen LogP) is -2.56. The zero-order chi connectivity index (χ0) is 18.4. The van der Waals surface area contributed by atoms with E-state index in [-0.39, 0.29) is 46.9 Å². The Morgan fingerprint density at radius 3 is 2.69 bits per heavy atom. The molecule has 3 atom stereocenters. The molecule has 2 rings (SSSR count). The van der Waals surface area contributed by atoms with E-state index in [0.29, 0.717) is 18.2 Å². The summed E-state index contributed by atoms with van der Waals surface area (Å²) in [5.74, 6) is -1.11. The zero-order valence-corrected chi connectivity index (χ0v) is 18.7. The molecular formula is C15H25N6NaO3S. The van der Waals surface area contributed by atoms with E-state index in [1.165, 1.54) is 0 Å². The molecule has 0 saturated heterocycles. The summed E-state index contributed by atoms with van der Waals surface area (Å²) in [5, 5.41) is 26.2. The Kier molecular flexibility index (Phi) is 10.1. The van der Waals surface area contributed by atoms with Crippen molar-refractivity contribution in [1.82, 2.24) is 30.4 Å². The number of nitrogens with zero attached hydrogens (tertiary/aromatic N) is 5. The van der Waals surface area contributed by atoms with Crippen LogP contribution in [-0.2, 0) is 4.79 Å². The van der Waals surface area contributed by atoms with E-state index in [2.05, 4.69) is 20.8 Å². The van der Waals surface area contributed by atoms with Crippen molar-refractivity contribution in [2.75, 3.05) is 13.1 Å². The molecule has 0 spiro atoms. The number of tetrazole rings is 1. The quantitative estimate of drug-likeness (QED) is 0.398. The average Bonchev–Trinajstić information content (AvgIpc) is 3.04. The van der Waals surface area contributed by atoms with Gasteiger partial charge in [-0.2, -0.15) is 0 Å². The monoisotopic (exact) mass is 392 g/mol. The molecule has 9 nitrogen and oxygen atoms in total. The first-order valence-corrected chi connectivity index (χ1v) is 9.49. The summed E-state index contributed by atoms with van der Waals surface area (Å²) in [6, 6.07) is -0.592. The molecule has 1 N–H and O–H groups in total. The van der Waals surface area contributed by atoms with Crippen LogP contribution in [0.25, 0.3) is 0 Å². The Morgan fingerprint density at radius 1 is 1.38 bits per heavy atom. The summed E-state index contributed by atoms with van der Waals surface area (Å²) in [6.07, 6.45) is 3.46. The number of hydrogen-bond donors (Lipinski definition) is 1. The van der Waals surface area contributed by atoms with Gasteiger partial charge in [-0.1, -0.05) is 0 Å². The van der Waals surface area contributed by atoms with E-state index in [0.717, 1.165) is 37.4 Å². The van der Waals surface area contributed by atoms with Crippen molar-refractivity contribution in [3.05, 3.63) is 0 Å². The van der Waals surface area contributed by atoms with Gasteiger partial charge in [0.15, 0.2) is 0 Å². The van der Waals surface area contributed by atoms with Gasteiger partial charge >= 0.3 is 29.6 Å². The molecule has 140 valence electrons. The third-order valence-corrected chi connectivity index (χ3v) is 5.38. The molecule has 0 bridgehead atoms. The summed E-state index contributed by atoms with van der Waals surface area (Å²) in [5.41, 5.74) is 0. The number of thioether (sulfide) groups is 1. The Labute approximate surface area is 179 Å². The predicted molar refractivity (Wildman–Crippen MR) is 90.9 cm³/mol. The summed E-state index contributed by atoms with van der Waals surface area (Å²) in [6.45, 7) is 6.72. The summed E-state index contributed by atoms with van der Waals surface area (Å²) in [4.78, 5) is 24.9. The molecule has 1 aromatic rings. The number of rotatable bonds is 7. The Hall–Kier alpha value is -0.680. The molecule has 1 aliphatic carbocycles. The fourth-order valence-corrected chi connectivity index (χ4v) is 3.97. The largest absolute Gasteiger partial charge is 1.00 e. The number of carboxylic acid groups (broad SMARTS) is 1. The van der Waals surface area contributed by atoms with Crippen molar-refractivity contribution in [1.29, 1.82) is 0 Å². The van der Waals surface area contributed by atoms with Gasteiger partial charge in [-0.3, -0.25) is 4.79 Å². The van der Waals surface area contributed by atoms with Crippen molar-refractivity contribution in [2.24, 2.45) is 0 Å². The van der Waals surface area contributed by atoms with Crippen LogP contribution in [0.5, 0.6) is 0 Å². The van der Waals surface area contributed by atoms with Crippen LogP contribution in [0.1, 0.15) is 52.5 Å². The maximum absolute atomic E-state index is 12.3. The third-order valence-electron chi connectivity index (χ3n) is 4.49. The second-order valence-electron chi connectivity index (χ2n) is 6.17. The maximum atomic E-state index is 12.3. The van der Waals surface area contributed by atoms with Crippen LogP contribution in [0.4, 0.5) is 4.79 Å². The van der Waals surface area contributed by atoms with Crippen molar-refractivity contribution in [3.63, 3.8) is 0 Å². The molecule has 1 amide bonds. The van der Waals surface area contributed by atoms with Crippen molar-refractivity contribution < 1.29 is 44.3 Å².